The van der Waals surface area contributed by atoms with E-state index >= 15 is 0 Å². The molecule has 3 rings (SSSR count). The maximum absolute atomic E-state index is 12.7. The van der Waals surface area contributed by atoms with E-state index in [1.54, 1.807) is 31.4 Å². The van der Waals surface area contributed by atoms with Gasteiger partial charge in [0, 0.05) is 5.56 Å². The molecule has 1 atom stereocenters. The van der Waals surface area contributed by atoms with Crippen LogP contribution in [0.2, 0.25) is 0 Å². The number of methoxy groups -OCH3 is 1. The Morgan fingerprint density at radius 2 is 1.78 bits per heavy atom. The molecule has 3 aromatic rings. The van der Waals surface area contributed by atoms with Crippen molar-refractivity contribution >= 4 is 38.5 Å². The number of rotatable bonds is 6. The Bertz CT molecular complexity index is 918. The molecule has 1 aromatic heterocycles. The van der Waals surface area contributed by atoms with Crippen LogP contribution in [0.15, 0.2) is 48.5 Å². The summed E-state index contributed by atoms with van der Waals surface area (Å²) >= 11 is 1.40. The van der Waals surface area contributed by atoms with Crippen molar-refractivity contribution in [2.75, 3.05) is 12.4 Å². The Balaban J connectivity index is 1.71. The van der Waals surface area contributed by atoms with Crippen LogP contribution >= 0.6 is 11.3 Å². The number of hydrogen-bond acceptors (Lipinski definition) is 5. The SMILES string of the molecule is COc1ccc(C(=O)N[C@H](C(=O)Nc2nc3ccccc3s2)C(C)C)cc1. The molecule has 27 heavy (non-hydrogen) atoms. The maximum Gasteiger partial charge on any atom is 0.251 e. The maximum atomic E-state index is 12.7. The first-order chi connectivity index (χ1) is 13.0. The second kappa shape index (κ2) is 8.18. The molecule has 0 unspecified atom stereocenters. The Morgan fingerprint density at radius 3 is 2.41 bits per heavy atom. The minimum Gasteiger partial charge on any atom is -0.497 e. The van der Waals surface area contributed by atoms with Crippen LogP contribution in [-0.4, -0.2) is 29.9 Å². The smallest absolute Gasteiger partial charge is 0.251 e. The third kappa shape index (κ3) is 4.43. The molecular formula is C20H21N3O3S. The molecule has 0 saturated carbocycles. The fourth-order valence-electron chi connectivity index (χ4n) is 2.61. The summed E-state index contributed by atoms with van der Waals surface area (Å²) < 4.78 is 6.09. The van der Waals surface area contributed by atoms with Crippen LogP contribution in [0.4, 0.5) is 5.13 Å². The van der Waals surface area contributed by atoms with Gasteiger partial charge in [-0.05, 0) is 42.3 Å². The third-order valence-electron chi connectivity index (χ3n) is 4.11. The molecule has 0 fully saturated rings. The van der Waals surface area contributed by atoms with Crippen molar-refractivity contribution in [3.05, 3.63) is 54.1 Å². The van der Waals surface area contributed by atoms with E-state index in [1.807, 2.05) is 38.1 Å². The molecule has 0 bridgehead atoms. The minimum atomic E-state index is -0.674. The Morgan fingerprint density at radius 1 is 1.07 bits per heavy atom. The molecule has 0 aliphatic rings. The van der Waals surface area contributed by atoms with Gasteiger partial charge in [0.05, 0.1) is 17.3 Å². The summed E-state index contributed by atoms with van der Waals surface area (Å²) in [7, 11) is 1.57. The molecule has 0 aliphatic heterocycles. The van der Waals surface area contributed by atoms with E-state index in [2.05, 4.69) is 15.6 Å². The second-order valence-electron chi connectivity index (χ2n) is 6.40. The number of ether oxygens (including phenoxy) is 1. The number of nitrogens with one attached hydrogen (secondary N) is 2. The topological polar surface area (TPSA) is 80.3 Å². The lowest BCUT2D eigenvalue weighted by Crippen LogP contribution is -2.47. The molecule has 2 amide bonds. The van der Waals surface area contributed by atoms with E-state index in [-0.39, 0.29) is 17.7 Å². The highest BCUT2D eigenvalue weighted by Gasteiger charge is 2.25. The molecule has 6 nitrogen and oxygen atoms in total. The first-order valence-electron chi connectivity index (χ1n) is 8.59. The molecule has 7 heteroatoms. The summed E-state index contributed by atoms with van der Waals surface area (Å²) in [5, 5.41) is 6.15. The number of nitrogens with zero attached hydrogens (tertiary/aromatic N) is 1. The molecule has 2 N–H and O–H groups in total. The highest BCUT2D eigenvalue weighted by Crippen LogP contribution is 2.25. The van der Waals surface area contributed by atoms with Gasteiger partial charge in [0.2, 0.25) is 5.91 Å². The number of anilines is 1. The van der Waals surface area contributed by atoms with Gasteiger partial charge in [-0.25, -0.2) is 4.98 Å². The Hall–Kier alpha value is -2.93. The predicted molar refractivity (Wildman–Crippen MR) is 107 cm³/mol. The number of thiazole rings is 1. The van der Waals surface area contributed by atoms with E-state index in [0.29, 0.717) is 16.4 Å². The summed E-state index contributed by atoms with van der Waals surface area (Å²) in [6.45, 7) is 3.77. The standard InChI is InChI=1S/C20H21N3O3S/c1-12(2)17(22-18(24)13-8-10-14(26-3)11-9-13)19(25)23-20-21-15-6-4-5-7-16(15)27-20/h4-12,17H,1-3H3,(H,22,24)(H,21,23,25)/t17-/m0/s1. The average molecular weight is 383 g/mol. The van der Waals surface area contributed by atoms with Gasteiger partial charge in [-0.2, -0.15) is 0 Å². The molecule has 0 radical (unpaired) electrons. The van der Waals surface area contributed by atoms with E-state index < -0.39 is 6.04 Å². The van der Waals surface area contributed by atoms with Crippen molar-refractivity contribution in [2.24, 2.45) is 5.92 Å². The van der Waals surface area contributed by atoms with Crippen molar-refractivity contribution < 1.29 is 14.3 Å². The van der Waals surface area contributed by atoms with Gasteiger partial charge in [0.1, 0.15) is 11.8 Å². The third-order valence-corrected chi connectivity index (χ3v) is 5.06. The van der Waals surface area contributed by atoms with Gasteiger partial charge in [-0.15, -0.1) is 0 Å². The number of aromatic nitrogens is 1. The molecule has 2 aromatic carbocycles. The summed E-state index contributed by atoms with van der Waals surface area (Å²) in [4.78, 5) is 29.6. The lowest BCUT2D eigenvalue weighted by atomic mass is 10.0. The van der Waals surface area contributed by atoms with Gasteiger partial charge in [-0.3, -0.25) is 9.59 Å². The largest absolute Gasteiger partial charge is 0.497 e. The monoisotopic (exact) mass is 383 g/mol. The quantitative estimate of drug-likeness (QED) is 0.680. The first-order valence-corrected chi connectivity index (χ1v) is 9.41. The number of amides is 2. The van der Waals surface area contributed by atoms with Crippen LogP contribution in [0.25, 0.3) is 10.2 Å². The zero-order chi connectivity index (χ0) is 19.4. The molecule has 0 spiro atoms. The molecular weight excluding hydrogens is 362 g/mol. The molecule has 140 valence electrons. The van der Waals surface area contributed by atoms with Crippen molar-refractivity contribution in [1.29, 1.82) is 0 Å². The normalized spacial score (nSPS) is 12.0. The highest BCUT2D eigenvalue weighted by atomic mass is 32.1. The summed E-state index contributed by atoms with van der Waals surface area (Å²) in [5.41, 5.74) is 1.30. The van der Waals surface area contributed by atoms with E-state index in [4.69, 9.17) is 4.74 Å². The molecule has 0 aliphatic carbocycles. The number of benzene rings is 2. The number of para-hydroxylation sites is 1. The van der Waals surface area contributed by atoms with E-state index in [1.165, 1.54) is 11.3 Å². The second-order valence-corrected chi connectivity index (χ2v) is 7.43. The first kappa shape index (κ1) is 18.8. The van der Waals surface area contributed by atoms with E-state index in [9.17, 15) is 9.59 Å². The number of hydrogen-bond donors (Lipinski definition) is 2. The van der Waals surface area contributed by atoms with Crippen LogP contribution in [0.5, 0.6) is 5.75 Å². The Labute approximate surface area is 161 Å². The summed E-state index contributed by atoms with van der Waals surface area (Å²) in [5.74, 6) is -0.0103. The highest BCUT2D eigenvalue weighted by molar-refractivity contribution is 7.22. The number of carbonyl (C=O) groups is 2. The van der Waals surface area contributed by atoms with Crippen molar-refractivity contribution in [3.8, 4) is 5.75 Å². The minimum absolute atomic E-state index is 0.0819. The van der Waals surface area contributed by atoms with Crippen LogP contribution in [0, 0.1) is 5.92 Å². The van der Waals surface area contributed by atoms with Gasteiger partial charge in [0.25, 0.3) is 5.91 Å². The van der Waals surface area contributed by atoms with Crippen LogP contribution in [-0.2, 0) is 4.79 Å². The van der Waals surface area contributed by atoms with Gasteiger partial charge >= 0.3 is 0 Å². The molecule has 1 heterocycles. The fourth-order valence-corrected chi connectivity index (χ4v) is 3.48. The predicted octanol–water partition coefficient (Wildman–Crippen LogP) is 3.70. The Kier molecular flexibility index (Phi) is 5.71. The van der Waals surface area contributed by atoms with Gasteiger partial charge < -0.3 is 15.4 Å². The molecule has 0 saturated heterocycles. The van der Waals surface area contributed by atoms with Crippen LogP contribution in [0.1, 0.15) is 24.2 Å². The van der Waals surface area contributed by atoms with Crippen LogP contribution in [0.3, 0.4) is 0 Å². The van der Waals surface area contributed by atoms with Gasteiger partial charge in [0.15, 0.2) is 5.13 Å². The lowest BCUT2D eigenvalue weighted by molar-refractivity contribution is -0.118. The summed E-state index contributed by atoms with van der Waals surface area (Å²) in [6.07, 6.45) is 0. The number of carbonyl (C=O) groups excluding carboxylic acids is 2. The lowest BCUT2D eigenvalue weighted by Gasteiger charge is -2.21. The average Bonchev–Trinajstić information content (AvgIpc) is 3.07. The summed E-state index contributed by atoms with van der Waals surface area (Å²) in [6, 6.07) is 13.7. The van der Waals surface area contributed by atoms with Gasteiger partial charge in [-0.1, -0.05) is 37.3 Å². The van der Waals surface area contributed by atoms with Crippen molar-refractivity contribution in [3.63, 3.8) is 0 Å². The zero-order valence-electron chi connectivity index (χ0n) is 15.4. The zero-order valence-corrected chi connectivity index (χ0v) is 16.2. The van der Waals surface area contributed by atoms with Crippen molar-refractivity contribution in [1.82, 2.24) is 10.3 Å². The van der Waals surface area contributed by atoms with Crippen LogP contribution < -0.4 is 15.4 Å². The van der Waals surface area contributed by atoms with E-state index in [0.717, 1.165) is 10.2 Å². The van der Waals surface area contributed by atoms with Crippen molar-refractivity contribution in [2.45, 2.75) is 19.9 Å². The number of fused-ring (bicyclic) bond motifs is 1. The fraction of sp³-hybridized carbons (Fsp3) is 0.250.